The molecule has 0 aliphatic heterocycles. The van der Waals surface area contributed by atoms with Crippen molar-refractivity contribution in [3.63, 3.8) is 0 Å². The van der Waals surface area contributed by atoms with E-state index in [0.717, 1.165) is 21.2 Å². The molecule has 34 heavy (non-hydrogen) atoms. The van der Waals surface area contributed by atoms with Gasteiger partial charge in [-0.05, 0) is 60.9 Å². The van der Waals surface area contributed by atoms with Gasteiger partial charge in [0.05, 0.1) is 0 Å². The Morgan fingerprint density at radius 2 is 1.76 bits per heavy atom. The molecule has 0 saturated carbocycles. The first-order valence-electron chi connectivity index (χ1n) is 11.1. The second-order valence-electron chi connectivity index (χ2n) is 7.95. The van der Waals surface area contributed by atoms with Crippen LogP contribution in [-0.2, 0) is 22.6 Å². The summed E-state index contributed by atoms with van der Waals surface area (Å²) in [6.45, 7) is 4.30. The number of hydrogen-bond acceptors (Lipinski definition) is 3. The zero-order valence-corrected chi connectivity index (χ0v) is 21.6. The van der Waals surface area contributed by atoms with Gasteiger partial charge in [-0.25, -0.2) is 0 Å². The molecule has 7 heteroatoms. The van der Waals surface area contributed by atoms with Crippen molar-refractivity contribution in [1.29, 1.82) is 0 Å². The fourth-order valence-electron chi connectivity index (χ4n) is 3.61. The first-order valence-corrected chi connectivity index (χ1v) is 12.3. The minimum absolute atomic E-state index is 0.195. The highest BCUT2D eigenvalue weighted by Gasteiger charge is 2.30. The molecule has 5 nitrogen and oxygen atoms in total. The smallest absolute Gasteiger partial charge is 0.261 e. The molecule has 1 atom stereocenters. The first-order chi connectivity index (χ1) is 16.4. The van der Waals surface area contributed by atoms with Crippen LogP contribution in [-0.4, -0.2) is 35.9 Å². The van der Waals surface area contributed by atoms with Gasteiger partial charge in [-0.2, -0.15) is 0 Å². The van der Waals surface area contributed by atoms with Gasteiger partial charge in [-0.1, -0.05) is 70.0 Å². The lowest BCUT2D eigenvalue weighted by molar-refractivity contribution is -0.142. The summed E-state index contributed by atoms with van der Waals surface area (Å²) < 4.78 is 6.70. The number of carbonyl (C=O) groups is 2. The summed E-state index contributed by atoms with van der Waals surface area (Å²) in [4.78, 5) is 28.2. The summed E-state index contributed by atoms with van der Waals surface area (Å²) in [6, 6.07) is 22.0. The number of aryl methyl sites for hydroxylation is 1. The molecule has 2 amide bonds. The van der Waals surface area contributed by atoms with Gasteiger partial charge in [0.2, 0.25) is 5.91 Å². The second-order valence-corrected chi connectivity index (χ2v) is 9.27. The minimum atomic E-state index is -0.690. The van der Waals surface area contributed by atoms with E-state index < -0.39 is 6.04 Å². The Morgan fingerprint density at radius 1 is 1.03 bits per heavy atom. The number of nitrogens with zero attached hydrogens (tertiary/aromatic N) is 1. The first kappa shape index (κ1) is 25.8. The van der Waals surface area contributed by atoms with Gasteiger partial charge in [-0.3, -0.25) is 9.59 Å². The van der Waals surface area contributed by atoms with Gasteiger partial charge in [0.25, 0.3) is 5.91 Å². The van der Waals surface area contributed by atoms with Gasteiger partial charge >= 0.3 is 0 Å². The highest BCUT2D eigenvalue weighted by Crippen LogP contribution is 2.22. The highest BCUT2D eigenvalue weighted by molar-refractivity contribution is 9.10. The van der Waals surface area contributed by atoms with Crippen LogP contribution in [0.2, 0.25) is 5.02 Å². The monoisotopic (exact) mass is 542 g/mol. The molecule has 3 rings (SSSR count). The fourth-order valence-corrected chi connectivity index (χ4v) is 4.18. The predicted molar refractivity (Wildman–Crippen MR) is 139 cm³/mol. The van der Waals surface area contributed by atoms with Gasteiger partial charge < -0.3 is 15.0 Å². The molecular weight excluding hydrogens is 516 g/mol. The van der Waals surface area contributed by atoms with Crippen LogP contribution in [0.5, 0.6) is 5.75 Å². The maximum atomic E-state index is 13.5. The molecule has 3 aromatic carbocycles. The Kier molecular flexibility index (Phi) is 9.54. The van der Waals surface area contributed by atoms with Gasteiger partial charge in [-0.15, -0.1) is 0 Å². The Hall–Kier alpha value is -2.83. The fraction of sp³-hybridized carbons (Fsp3) is 0.259. The van der Waals surface area contributed by atoms with Gasteiger partial charge in [0.1, 0.15) is 11.8 Å². The quantitative estimate of drug-likeness (QED) is 0.364. The van der Waals surface area contributed by atoms with Crippen molar-refractivity contribution in [3.8, 4) is 5.75 Å². The molecule has 0 saturated heterocycles. The van der Waals surface area contributed by atoms with E-state index in [2.05, 4.69) is 21.2 Å². The molecule has 0 aliphatic rings. The van der Waals surface area contributed by atoms with E-state index in [0.29, 0.717) is 23.7 Å². The molecule has 1 N–H and O–H groups in total. The number of halogens is 2. The van der Waals surface area contributed by atoms with Crippen LogP contribution in [0.15, 0.2) is 77.3 Å². The summed E-state index contributed by atoms with van der Waals surface area (Å²) >= 11 is 9.59. The van der Waals surface area contributed by atoms with Gasteiger partial charge in [0.15, 0.2) is 6.61 Å². The molecule has 0 radical (unpaired) electrons. The summed E-state index contributed by atoms with van der Waals surface area (Å²) in [5, 5.41) is 3.52. The molecule has 0 unspecified atom stereocenters. The van der Waals surface area contributed by atoms with E-state index in [1.165, 1.54) is 0 Å². The minimum Gasteiger partial charge on any atom is -0.484 e. The average Bonchev–Trinajstić information content (AvgIpc) is 2.82. The third-order valence-corrected chi connectivity index (χ3v) is 6.27. The van der Waals surface area contributed by atoms with E-state index in [-0.39, 0.29) is 25.0 Å². The van der Waals surface area contributed by atoms with Crippen molar-refractivity contribution in [2.75, 3.05) is 13.2 Å². The molecule has 3 aromatic rings. The molecular formula is C27H28BrClN2O3. The van der Waals surface area contributed by atoms with Crippen LogP contribution in [0, 0.1) is 6.92 Å². The second kappa shape index (κ2) is 12.6. The SMILES string of the molecule is CCNC(=O)[C@@H](Cc1ccccc1)N(Cc1cccc(Br)c1)C(=O)COc1ccc(Cl)c(C)c1. The number of benzene rings is 3. The summed E-state index contributed by atoms with van der Waals surface area (Å²) in [5.74, 6) is 0.0760. The van der Waals surface area contributed by atoms with Crippen molar-refractivity contribution in [3.05, 3.63) is 99.0 Å². The van der Waals surface area contributed by atoms with Crippen LogP contribution in [0.1, 0.15) is 23.6 Å². The third kappa shape index (κ3) is 7.34. The van der Waals surface area contributed by atoms with Crippen LogP contribution in [0.4, 0.5) is 0 Å². The van der Waals surface area contributed by atoms with Crippen LogP contribution < -0.4 is 10.1 Å². The number of rotatable bonds is 10. The topological polar surface area (TPSA) is 58.6 Å². The van der Waals surface area contributed by atoms with E-state index in [1.54, 1.807) is 23.1 Å². The van der Waals surface area contributed by atoms with Crippen molar-refractivity contribution in [2.45, 2.75) is 32.9 Å². The molecule has 0 bridgehead atoms. The van der Waals surface area contributed by atoms with Crippen molar-refractivity contribution in [2.24, 2.45) is 0 Å². The third-order valence-electron chi connectivity index (χ3n) is 5.36. The van der Waals surface area contributed by atoms with Crippen LogP contribution in [0.25, 0.3) is 0 Å². The van der Waals surface area contributed by atoms with Crippen molar-refractivity contribution >= 4 is 39.3 Å². The highest BCUT2D eigenvalue weighted by atomic mass is 79.9. The van der Waals surface area contributed by atoms with E-state index in [4.69, 9.17) is 16.3 Å². The maximum Gasteiger partial charge on any atom is 0.261 e. The van der Waals surface area contributed by atoms with E-state index in [9.17, 15) is 9.59 Å². The summed E-state index contributed by atoms with van der Waals surface area (Å²) in [7, 11) is 0. The Morgan fingerprint density at radius 3 is 2.44 bits per heavy atom. The molecule has 0 aromatic heterocycles. The molecule has 178 valence electrons. The predicted octanol–water partition coefficient (Wildman–Crippen LogP) is 5.57. The van der Waals surface area contributed by atoms with E-state index in [1.807, 2.05) is 68.4 Å². The molecule has 0 aliphatic carbocycles. The normalized spacial score (nSPS) is 11.5. The Balaban J connectivity index is 1.89. The molecule has 0 heterocycles. The summed E-state index contributed by atoms with van der Waals surface area (Å²) in [5.41, 5.74) is 2.74. The van der Waals surface area contributed by atoms with Crippen molar-refractivity contribution < 1.29 is 14.3 Å². The Labute approximate surface area is 214 Å². The number of hydrogen-bond donors (Lipinski definition) is 1. The lowest BCUT2D eigenvalue weighted by atomic mass is 10.0. The number of ether oxygens (including phenoxy) is 1. The van der Waals surface area contributed by atoms with Crippen LogP contribution in [0.3, 0.4) is 0 Å². The largest absolute Gasteiger partial charge is 0.484 e. The lowest BCUT2D eigenvalue weighted by Gasteiger charge is -2.31. The van der Waals surface area contributed by atoms with Crippen molar-refractivity contribution in [1.82, 2.24) is 10.2 Å². The standard InChI is InChI=1S/C27H28BrClN2O3/c1-3-30-27(33)25(16-20-8-5-4-6-9-20)31(17-21-10-7-11-22(28)15-21)26(32)18-34-23-12-13-24(29)19(2)14-23/h4-15,25H,3,16-18H2,1-2H3,(H,30,33)/t25-/m1/s1. The van der Waals surface area contributed by atoms with Gasteiger partial charge in [0, 0.05) is 29.0 Å². The molecule has 0 fully saturated rings. The summed E-state index contributed by atoms with van der Waals surface area (Å²) in [6.07, 6.45) is 0.395. The zero-order chi connectivity index (χ0) is 24.5. The zero-order valence-electron chi connectivity index (χ0n) is 19.3. The number of likely N-dealkylation sites (N-methyl/N-ethyl adjacent to an activating group) is 1. The Bertz CT molecular complexity index is 1120. The average molecular weight is 544 g/mol. The van der Waals surface area contributed by atoms with Crippen LogP contribution >= 0.6 is 27.5 Å². The number of amides is 2. The molecule has 0 spiro atoms. The maximum absolute atomic E-state index is 13.5. The lowest BCUT2D eigenvalue weighted by Crippen LogP contribution is -2.51. The number of nitrogens with one attached hydrogen (secondary N) is 1. The van der Waals surface area contributed by atoms with E-state index >= 15 is 0 Å². The number of carbonyl (C=O) groups excluding carboxylic acids is 2.